The smallest absolute Gasteiger partial charge is 0.119 e. The molecule has 132 valence electrons. The molecule has 0 aromatic heterocycles. The van der Waals surface area contributed by atoms with Crippen LogP contribution in [-0.2, 0) is 6.42 Å². The lowest BCUT2D eigenvalue weighted by Crippen LogP contribution is -1.91. The quantitative estimate of drug-likeness (QED) is 0.356. The van der Waals surface area contributed by atoms with Crippen LogP contribution in [-0.4, -0.2) is 5.11 Å². The molecule has 0 aliphatic carbocycles. The van der Waals surface area contributed by atoms with Gasteiger partial charge in [-0.25, -0.2) is 0 Å². The van der Waals surface area contributed by atoms with Crippen molar-refractivity contribution < 1.29 is 5.11 Å². The van der Waals surface area contributed by atoms with Gasteiger partial charge in [-0.05, 0) is 37.0 Å². The van der Waals surface area contributed by atoms with Crippen molar-refractivity contribution in [1.29, 1.82) is 0 Å². The van der Waals surface area contributed by atoms with Gasteiger partial charge in [0.2, 0.25) is 0 Å². The van der Waals surface area contributed by atoms with Crippen LogP contribution in [0.2, 0.25) is 0 Å². The van der Waals surface area contributed by atoms with Gasteiger partial charge in [-0.1, -0.05) is 96.1 Å². The molecular weight excluding hydrogens is 280 g/mol. The SMILES string of the molecule is CCCCCCCCCCCCCCCc1c(C)cccc1O. The molecule has 1 rings (SSSR count). The van der Waals surface area contributed by atoms with Crippen molar-refractivity contribution in [2.75, 3.05) is 0 Å². The Morgan fingerprint density at radius 2 is 1.17 bits per heavy atom. The first-order valence-corrected chi connectivity index (χ1v) is 10.0. The third kappa shape index (κ3) is 9.69. The molecule has 23 heavy (non-hydrogen) atoms. The molecule has 0 amide bonds. The highest BCUT2D eigenvalue weighted by molar-refractivity contribution is 5.38. The van der Waals surface area contributed by atoms with Gasteiger partial charge in [0.25, 0.3) is 0 Å². The number of phenolic OH excluding ortho intramolecular Hbond substituents is 1. The summed E-state index contributed by atoms with van der Waals surface area (Å²) >= 11 is 0. The molecule has 1 heteroatoms. The maximum atomic E-state index is 9.88. The third-order valence-electron chi connectivity index (χ3n) is 4.92. The van der Waals surface area contributed by atoms with E-state index in [0.717, 1.165) is 12.0 Å². The molecule has 0 bridgehead atoms. The van der Waals surface area contributed by atoms with Crippen LogP contribution in [0.3, 0.4) is 0 Å². The van der Waals surface area contributed by atoms with Crippen LogP contribution in [0.4, 0.5) is 0 Å². The standard InChI is InChI=1S/C22H38O/c1-3-4-5-6-7-8-9-10-11-12-13-14-15-18-21-20(2)17-16-19-22(21)23/h16-17,19,23H,3-15,18H2,1-2H3. The molecule has 0 spiro atoms. The molecule has 1 N–H and O–H groups in total. The lowest BCUT2D eigenvalue weighted by atomic mass is 10.00. The topological polar surface area (TPSA) is 20.2 Å². The molecule has 0 saturated carbocycles. The second kappa shape index (κ2) is 13.5. The molecule has 0 heterocycles. The fourth-order valence-corrected chi connectivity index (χ4v) is 3.33. The van der Waals surface area contributed by atoms with Crippen molar-refractivity contribution in [3.05, 3.63) is 29.3 Å². The summed E-state index contributed by atoms with van der Waals surface area (Å²) in [7, 11) is 0. The second-order valence-corrected chi connectivity index (χ2v) is 7.07. The molecule has 0 radical (unpaired) electrons. The van der Waals surface area contributed by atoms with E-state index in [1.165, 1.54) is 89.0 Å². The highest BCUT2D eigenvalue weighted by Gasteiger charge is 2.03. The van der Waals surface area contributed by atoms with Gasteiger partial charge in [0, 0.05) is 0 Å². The van der Waals surface area contributed by atoms with E-state index in [9.17, 15) is 5.11 Å². The number of aryl methyl sites for hydroxylation is 1. The predicted octanol–water partition coefficient (Wildman–Crippen LogP) is 7.33. The number of benzene rings is 1. The Hall–Kier alpha value is -0.980. The summed E-state index contributed by atoms with van der Waals surface area (Å²) in [6.45, 7) is 4.38. The number of phenols is 1. The third-order valence-corrected chi connectivity index (χ3v) is 4.92. The zero-order valence-electron chi connectivity index (χ0n) is 15.6. The molecular formula is C22H38O. The van der Waals surface area contributed by atoms with Gasteiger partial charge < -0.3 is 5.11 Å². The van der Waals surface area contributed by atoms with Crippen molar-refractivity contribution in [3.63, 3.8) is 0 Å². The van der Waals surface area contributed by atoms with Gasteiger partial charge in [-0.2, -0.15) is 0 Å². The summed E-state index contributed by atoms with van der Waals surface area (Å²) in [5, 5.41) is 9.88. The zero-order valence-corrected chi connectivity index (χ0v) is 15.6. The average molecular weight is 319 g/mol. The van der Waals surface area contributed by atoms with Crippen molar-refractivity contribution in [1.82, 2.24) is 0 Å². The van der Waals surface area contributed by atoms with Crippen molar-refractivity contribution >= 4 is 0 Å². The zero-order chi connectivity index (χ0) is 16.8. The van der Waals surface area contributed by atoms with Crippen molar-refractivity contribution in [2.45, 2.75) is 104 Å². The summed E-state index contributed by atoms with van der Waals surface area (Å²) in [4.78, 5) is 0. The fraction of sp³-hybridized carbons (Fsp3) is 0.727. The Bertz CT molecular complexity index is 377. The van der Waals surface area contributed by atoms with Gasteiger partial charge in [0.05, 0.1) is 0 Å². The first-order chi connectivity index (χ1) is 11.3. The van der Waals surface area contributed by atoms with Crippen LogP contribution >= 0.6 is 0 Å². The predicted molar refractivity (Wildman–Crippen MR) is 102 cm³/mol. The Morgan fingerprint density at radius 3 is 1.65 bits per heavy atom. The molecule has 1 aromatic rings. The highest BCUT2D eigenvalue weighted by Crippen LogP contribution is 2.23. The normalized spacial score (nSPS) is 11.0. The summed E-state index contributed by atoms with van der Waals surface area (Å²) < 4.78 is 0. The van der Waals surface area contributed by atoms with E-state index < -0.39 is 0 Å². The summed E-state index contributed by atoms with van der Waals surface area (Å²) in [6.07, 6.45) is 19.1. The van der Waals surface area contributed by atoms with Crippen LogP contribution < -0.4 is 0 Å². The van der Waals surface area contributed by atoms with Gasteiger partial charge in [-0.15, -0.1) is 0 Å². The first kappa shape index (κ1) is 20.1. The van der Waals surface area contributed by atoms with Crippen LogP contribution in [0.15, 0.2) is 18.2 Å². The maximum Gasteiger partial charge on any atom is 0.119 e. The Balaban J connectivity index is 1.88. The number of hydrogen-bond acceptors (Lipinski definition) is 1. The first-order valence-electron chi connectivity index (χ1n) is 10.0. The molecule has 0 unspecified atom stereocenters. The summed E-state index contributed by atoms with van der Waals surface area (Å²) in [6, 6.07) is 5.83. The van der Waals surface area contributed by atoms with E-state index in [1.54, 1.807) is 0 Å². The van der Waals surface area contributed by atoms with Crippen LogP contribution in [0, 0.1) is 6.92 Å². The lowest BCUT2D eigenvalue weighted by molar-refractivity contribution is 0.465. The Labute approximate surface area is 144 Å². The van der Waals surface area contributed by atoms with Crippen LogP contribution in [0.25, 0.3) is 0 Å². The van der Waals surface area contributed by atoms with E-state index in [1.807, 2.05) is 12.1 Å². The minimum absolute atomic E-state index is 0.476. The lowest BCUT2D eigenvalue weighted by Gasteiger charge is -2.08. The van der Waals surface area contributed by atoms with Gasteiger partial charge in [0.1, 0.15) is 5.75 Å². The molecule has 0 fully saturated rings. The highest BCUT2D eigenvalue weighted by atomic mass is 16.3. The summed E-state index contributed by atoms with van der Waals surface area (Å²) in [5.74, 6) is 0.476. The minimum Gasteiger partial charge on any atom is -0.508 e. The van der Waals surface area contributed by atoms with Crippen LogP contribution in [0.1, 0.15) is 102 Å². The monoisotopic (exact) mass is 318 g/mol. The van der Waals surface area contributed by atoms with Gasteiger partial charge in [-0.3, -0.25) is 0 Å². The molecule has 1 aromatic carbocycles. The maximum absolute atomic E-state index is 9.88. The molecule has 0 aliphatic heterocycles. The molecule has 0 atom stereocenters. The van der Waals surface area contributed by atoms with E-state index in [2.05, 4.69) is 19.9 Å². The second-order valence-electron chi connectivity index (χ2n) is 7.07. The van der Waals surface area contributed by atoms with Gasteiger partial charge >= 0.3 is 0 Å². The van der Waals surface area contributed by atoms with Gasteiger partial charge in [0.15, 0.2) is 0 Å². The molecule has 0 aliphatic rings. The Morgan fingerprint density at radius 1 is 0.696 bits per heavy atom. The van der Waals surface area contributed by atoms with Crippen LogP contribution in [0.5, 0.6) is 5.75 Å². The average Bonchev–Trinajstić information content (AvgIpc) is 2.54. The van der Waals surface area contributed by atoms with E-state index in [-0.39, 0.29) is 0 Å². The number of aromatic hydroxyl groups is 1. The van der Waals surface area contributed by atoms with E-state index in [0.29, 0.717) is 5.75 Å². The van der Waals surface area contributed by atoms with Crippen molar-refractivity contribution in [2.24, 2.45) is 0 Å². The Kier molecular flexibility index (Phi) is 11.7. The largest absolute Gasteiger partial charge is 0.508 e. The molecule has 0 saturated heterocycles. The van der Waals surface area contributed by atoms with E-state index in [4.69, 9.17) is 0 Å². The summed E-state index contributed by atoms with van der Waals surface area (Å²) in [5.41, 5.74) is 2.37. The number of hydrogen-bond donors (Lipinski definition) is 1. The number of rotatable bonds is 14. The fourth-order valence-electron chi connectivity index (χ4n) is 3.33. The minimum atomic E-state index is 0.476. The van der Waals surface area contributed by atoms with E-state index >= 15 is 0 Å². The number of unbranched alkanes of at least 4 members (excludes halogenated alkanes) is 12. The molecule has 1 nitrogen and oxygen atoms in total. The van der Waals surface area contributed by atoms with Crippen molar-refractivity contribution in [3.8, 4) is 5.75 Å².